The summed E-state index contributed by atoms with van der Waals surface area (Å²) in [5, 5.41) is 10.5. The van der Waals surface area contributed by atoms with Crippen molar-refractivity contribution in [1.82, 2.24) is 9.71 Å². The molecule has 128 valence electrons. The predicted octanol–water partition coefficient (Wildman–Crippen LogP) is 2.46. The minimum atomic E-state index is -3.67. The summed E-state index contributed by atoms with van der Waals surface area (Å²) >= 11 is 0. The lowest BCUT2D eigenvalue weighted by Crippen LogP contribution is -2.38. The summed E-state index contributed by atoms with van der Waals surface area (Å²) in [6, 6.07) is 6.65. The molecule has 0 spiro atoms. The van der Waals surface area contributed by atoms with Gasteiger partial charge in [-0.3, -0.25) is 9.78 Å². The summed E-state index contributed by atoms with van der Waals surface area (Å²) in [5.74, 6) is -1.16. The van der Waals surface area contributed by atoms with Crippen molar-refractivity contribution in [2.45, 2.75) is 43.5 Å². The molecule has 0 unspecified atom stereocenters. The highest BCUT2D eigenvalue weighted by Gasteiger charge is 2.29. The number of nitrogens with one attached hydrogen (secondary N) is 1. The normalized spacial score (nSPS) is 21.7. The van der Waals surface area contributed by atoms with Crippen LogP contribution in [0.3, 0.4) is 0 Å². The van der Waals surface area contributed by atoms with Crippen LogP contribution in [0.2, 0.25) is 0 Å². The van der Waals surface area contributed by atoms with E-state index >= 15 is 0 Å². The first kappa shape index (κ1) is 16.9. The van der Waals surface area contributed by atoms with Gasteiger partial charge in [0.15, 0.2) is 0 Å². The number of nitrogens with zero attached hydrogens (tertiary/aromatic N) is 1. The lowest BCUT2D eigenvalue weighted by molar-refractivity contribution is -0.142. The van der Waals surface area contributed by atoms with Gasteiger partial charge in [0.2, 0.25) is 10.0 Å². The first-order chi connectivity index (χ1) is 11.4. The zero-order chi connectivity index (χ0) is 17.3. The highest BCUT2D eigenvalue weighted by atomic mass is 32.2. The average Bonchev–Trinajstić information content (AvgIpc) is 2.55. The van der Waals surface area contributed by atoms with Crippen molar-refractivity contribution in [2.24, 2.45) is 5.92 Å². The van der Waals surface area contributed by atoms with E-state index in [-0.39, 0.29) is 16.9 Å². The molecule has 1 fully saturated rings. The van der Waals surface area contributed by atoms with Gasteiger partial charge in [0, 0.05) is 28.7 Å². The molecule has 0 saturated heterocycles. The van der Waals surface area contributed by atoms with E-state index in [2.05, 4.69) is 9.71 Å². The average molecular weight is 348 g/mol. The maximum atomic E-state index is 12.8. The maximum Gasteiger partial charge on any atom is 0.306 e. The van der Waals surface area contributed by atoms with Crippen molar-refractivity contribution in [1.29, 1.82) is 0 Å². The first-order valence-electron chi connectivity index (χ1n) is 7.98. The molecular formula is C17H20N2O4S. The molecule has 1 aromatic carbocycles. The van der Waals surface area contributed by atoms with E-state index in [0.29, 0.717) is 31.1 Å². The van der Waals surface area contributed by atoms with Gasteiger partial charge in [0.1, 0.15) is 0 Å². The molecule has 0 radical (unpaired) electrons. The summed E-state index contributed by atoms with van der Waals surface area (Å²) in [7, 11) is -3.67. The van der Waals surface area contributed by atoms with Crippen LogP contribution in [0.25, 0.3) is 10.8 Å². The number of benzene rings is 1. The molecule has 0 atom stereocenters. The Kier molecular flexibility index (Phi) is 4.56. The van der Waals surface area contributed by atoms with Crippen LogP contribution in [0.5, 0.6) is 0 Å². The number of hydrogen-bond donors (Lipinski definition) is 2. The number of carboxylic acid groups (broad SMARTS) is 1. The predicted molar refractivity (Wildman–Crippen MR) is 90.2 cm³/mol. The Morgan fingerprint density at radius 3 is 2.54 bits per heavy atom. The van der Waals surface area contributed by atoms with Crippen molar-refractivity contribution < 1.29 is 18.3 Å². The third kappa shape index (κ3) is 3.27. The number of aryl methyl sites for hydroxylation is 1. The largest absolute Gasteiger partial charge is 0.481 e. The smallest absolute Gasteiger partial charge is 0.306 e. The lowest BCUT2D eigenvalue weighted by Gasteiger charge is -2.26. The minimum absolute atomic E-state index is 0.219. The van der Waals surface area contributed by atoms with Crippen molar-refractivity contribution in [2.75, 3.05) is 0 Å². The monoisotopic (exact) mass is 348 g/mol. The van der Waals surface area contributed by atoms with E-state index in [1.807, 2.05) is 13.0 Å². The van der Waals surface area contributed by atoms with Gasteiger partial charge in [-0.05, 0) is 44.7 Å². The van der Waals surface area contributed by atoms with Gasteiger partial charge in [-0.15, -0.1) is 0 Å². The van der Waals surface area contributed by atoms with Crippen molar-refractivity contribution in [3.05, 3.63) is 36.2 Å². The Labute approximate surface area is 141 Å². The Balaban J connectivity index is 1.85. The Morgan fingerprint density at radius 1 is 1.17 bits per heavy atom. The van der Waals surface area contributed by atoms with E-state index in [4.69, 9.17) is 5.11 Å². The fourth-order valence-corrected chi connectivity index (χ4v) is 4.83. The molecule has 0 bridgehead atoms. The molecule has 24 heavy (non-hydrogen) atoms. The lowest BCUT2D eigenvalue weighted by atomic mass is 9.87. The summed E-state index contributed by atoms with van der Waals surface area (Å²) < 4.78 is 28.3. The summed E-state index contributed by atoms with van der Waals surface area (Å²) in [4.78, 5) is 15.4. The van der Waals surface area contributed by atoms with Gasteiger partial charge >= 0.3 is 5.97 Å². The molecule has 3 rings (SSSR count). The second-order valence-electron chi connectivity index (χ2n) is 6.26. The summed E-state index contributed by atoms with van der Waals surface area (Å²) in [6.07, 6.45) is 3.69. The van der Waals surface area contributed by atoms with E-state index in [1.54, 1.807) is 24.4 Å². The number of carbonyl (C=O) groups is 1. The molecular weight excluding hydrogens is 328 g/mol. The van der Waals surface area contributed by atoms with E-state index < -0.39 is 16.0 Å². The number of fused-ring (bicyclic) bond motifs is 1. The Morgan fingerprint density at radius 2 is 1.88 bits per heavy atom. The molecule has 1 saturated carbocycles. The van der Waals surface area contributed by atoms with Crippen LogP contribution >= 0.6 is 0 Å². The van der Waals surface area contributed by atoms with Crippen molar-refractivity contribution in [3.8, 4) is 0 Å². The quantitative estimate of drug-likeness (QED) is 0.885. The highest BCUT2D eigenvalue weighted by Crippen LogP contribution is 2.28. The van der Waals surface area contributed by atoms with Gasteiger partial charge < -0.3 is 5.11 Å². The molecule has 1 aromatic heterocycles. The van der Waals surface area contributed by atoms with Crippen LogP contribution in [0, 0.1) is 12.8 Å². The zero-order valence-corrected chi connectivity index (χ0v) is 14.2. The Bertz CT molecular complexity index is 871. The first-order valence-corrected chi connectivity index (χ1v) is 9.46. The molecule has 7 heteroatoms. The Hall–Kier alpha value is -1.99. The van der Waals surface area contributed by atoms with E-state index in [1.165, 1.54) is 0 Å². The number of hydrogen-bond acceptors (Lipinski definition) is 4. The van der Waals surface area contributed by atoms with E-state index in [9.17, 15) is 13.2 Å². The minimum Gasteiger partial charge on any atom is -0.481 e. The molecule has 2 aromatic rings. The fourth-order valence-electron chi connectivity index (χ4n) is 3.30. The molecule has 1 aliphatic rings. The number of sulfonamides is 1. The summed E-state index contributed by atoms with van der Waals surface area (Å²) in [6.45, 7) is 1.85. The fraction of sp³-hybridized carbons (Fsp3) is 0.412. The number of pyridine rings is 1. The molecule has 6 nitrogen and oxygen atoms in total. The number of carboxylic acids is 1. The molecule has 1 aliphatic carbocycles. The van der Waals surface area contributed by atoms with Crippen LogP contribution in [0.15, 0.2) is 35.4 Å². The van der Waals surface area contributed by atoms with Crippen molar-refractivity contribution in [3.63, 3.8) is 0 Å². The van der Waals surface area contributed by atoms with Crippen LogP contribution in [0.1, 0.15) is 31.4 Å². The molecule has 0 amide bonds. The van der Waals surface area contributed by atoms with Gasteiger partial charge in [0.25, 0.3) is 0 Å². The van der Waals surface area contributed by atoms with Crippen LogP contribution in [-0.4, -0.2) is 30.5 Å². The molecule has 2 N–H and O–H groups in total. The number of aromatic nitrogens is 1. The number of aliphatic carboxylic acids is 1. The SMILES string of the molecule is Cc1nccc2c(S(=O)(=O)NC3CCC(C(=O)O)CC3)cccc12. The van der Waals surface area contributed by atoms with Crippen LogP contribution in [-0.2, 0) is 14.8 Å². The standard InChI is InChI=1S/C17H20N2O4S/c1-11-14-3-2-4-16(15(14)9-10-18-11)24(22,23)19-13-7-5-12(6-8-13)17(20)21/h2-4,9-10,12-13,19H,5-8H2,1H3,(H,20,21). The highest BCUT2D eigenvalue weighted by molar-refractivity contribution is 7.89. The third-order valence-corrected chi connectivity index (χ3v) is 6.23. The van der Waals surface area contributed by atoms with Gasteiger partial charge in [-0.1, -0.05) is 12.1 Å². The summed E-state index contributed by atoms with van der Waals surface area (Å²) in [5.41, 5.74) is 0.784. The van der Waals surface area contributed by atoms with Crippen LogP contribution < -0.4 is 4.72 Å². The van der Waals surface area contributed by atoms with Gasteiger partial charge in [-0.2, -0.15) is 0 Å². The van der Waals surface area contributed by atoms with Crippen molar-refractivity contribution >= 4 is 26.8 Å². The van der Waals surface area contributed by atoms with Crippen LogP contribution in [0.4, 0.5) is 0 Å². The van der Waals surface area contributed by atoms with Gasteiger partial charge in [-0.25, -0.2) is 13.1 Å². The second-order valence-corrected chi connectivity index (χ2v) is 7.94. The molecule has 1 heterocycles. The second kappa shape index (κ2) is 6.49. The maximum absolute atomic E-state index is 12.8. The topological polar surface area (TPSA) is 96.4 Å². The molecule has 0 aliphatic heterocycles. The van der Waals surface area contributed by atoms with E-state index in [0.717, 1.165) is 11.1 Å². The number of rotatable bonds is 4. The van der Waals surface area contributed by atoms with Gasteiger partial charge in [0.05, 0.1) is 10.8 Å². The third-order valence-electron chi connectivity index (χ3n) is 4.65. The zero-order valence-electron chi connectivity index (χ0n) is 13.4.